The van der Waals surface area contributed by atoms with E-state index in [0.29, 0.717) is 13.2 Å². The van der Waals surface area contributed by atoms with Gasteiger partial charge in [-0.2, -0.15) is 0 Å². The molecule has 1 unspecified atom stereocenters. The zero-order chi connectivity index (χ0) is 15.9. The van der Waals surface area contributed by atoms with Gasteiger partial charge in [-0.25, -0.2) is 0 Å². The summed E-state index contributed by atoms with van der Waals surface area (Å²) in [4.78, 5) is 12.8. The second-order valence-electron chi connectivity index (χ2n) is 5.98. The summed E-state index contributed by atoms with van der Waals surface area (Å²) in [5.74, 6) is 0.0267. The van der Waals surface area contributed by atoms with Crippen LogP contribution in [0.2, 0.25) is 0 Å². The van der Waals surface area contributed by atoms with Crippen LogP contribution in [0.1, 0.15) is 32.3 Å². The first kappa shape index (κ1) is 16.8. The molecule has 122 valence electrons. The van der Waals surface area contributed by atoms with Gasteiger partial charge in [-0.15, -0.1) is 0 Å². The molecule has 1 aliphatic rings. The predicted molar refractivity (Wildman–Crippen MR) is 84.1 cm³/mol. The van der Waals surface area contributed by atoms with Crippen molar-refractivity contribution in [1.29, 1.82) is 0 Å². The molecule has 1 saturated heterocycles. The summed E-state index contributed by atoms with van der Waals surface area (Å²) in [6.45, 7) is 6.10. The molecule has 1 atom stereocenters. The van der Waals surface area contributed by atoms with E-state index in [9.17, 15) is 4.79 Å². The van der Waals surface area contributed by atoms with E-state index in [0.717, 1.165) is 30.8 Å². The van der Waals surface area contributed by atoms with Crippen molar-refractivity contribution in [2.75, 3.05) is 19.8 Å². The van der Waals surface area contributed by atoms with Crippen molar-refractivity contribution in [2.24, 2.45) is 0 Å². The average molecular weight is 307 g/mol. The van der Waals surface area contributed by atoms with E-state index >= 15 is 0 Å². The summed E-state index contributed by atoms with van der Waals surface area (Å²) < 4.78 is 11.3. The minimum atomic E-state index is -0.801. The molecule has 0 radical (unpaired) electrons. The largest absolute Gasteiger partial charge is 0.491 e. The molecule has 1 heterocycles. The third-order valence-corrected chi connectivity index (χ3v) is 3.84. The van der Waals surface area contributed by atoms with Crippen molar-refractivity contribution in [3.63, 3.8) is 0 Å². The first-order valence-corrected chi connectivity index (χ1v) is 7.84. The minimum Gasteiger partial charge on any atom is -0.491 e. The number of rotatable bonds is 8. The van der Waals surface area contributed by atoms with Crippen molar-refractivity contribution in [3.05, 3.63) is 29.8 Å². The molecule has 2 rings (SSSR count). The van der Waals surface area contributed by atoms with E-state index in [4.69, 9.17) is 14.6 Å². The normalized spacial score (nSPS) is 18.1. The van der Waals surface area contributed by atoms with E-state index in [1.165, 1.54) is 0 Å². The third-order valence-electron chi connectivity index (χ3n) is 3.84. The Morgan fingerprint density at radius 1 is 1.41 bits per heavy atom. The topological polar surface area (TPSA) is 59.0 Å². The van der Waals surface area contributed by atoms with Crippen LogP contribution in [-0.2, 0) is 16.1 Å². The Labute approximate surface area is 131 Å². The molecular weight excluding hydrogens is 282 g/mol. The molecule has 1 N–H and O–H groups in total. The van der Waals surface area contributed by atoms with Crippen LogP contribution in [0.5, 0.6) is 5.75 Å². The van der Waals surface area contributed by atoms with Crippen LogP contribution in [0, 0.1) is 0 Å². The molecule has 5 nitrogen and oxygen atoms in total. The highest BCUT2D eigenvalue weighted by Crippen LogP contribution is 2.17. The second kappa shape index (κ2) is 8.15. The average Bonchev–Trinajstić information content (AvgIpc) is 2.98. The number of aliphatic carboxylic acids is 1. The SMILES string of the molecule is CC(C)N(CC(=O)O)Cc1ccc(OCC2CCCO2)cc1. The minimum absolute atomic E-state index is 0.0505. The fourth-order valence-electron chi connectivity index (χ4n) is 2.49. The van der Waals surface area contributed by atoms with Crippen LogP contribution in [0.3, 0.4) is 0 Å². The lowest BCUT2D eigenvalue weighted by Crippen LogP contribution is -2.35. The molecular formula is C17H25NO4. The summed E-state index contributed by atoms with van der Waals surface area (Å²) >= 11 is 0. The monoisotopic (exact) mass is 307 g/mol. The fourth-order valence-corrected chi connectivity index (χ4v) is 2.49. The highest BCUT2D eigenvalue weighted by Gasteiger charge is 2.16. The van der Waals surface area contributed by atoms with E-state index in [2.05, 4.69) is 0 Å². The summed E-state index contributed by atoms with van der Waals surface area (Å²) in [6.07, 6.45) is 2.39. The molecule has 0 spiro atoms. The summed E-state index contributed by atoms with van der Waals surface area (Å²) in [5.41, 5.74) is 1.08. The zero-order valence-electron chi connectivity index (χ0n) is 13.3. The van der Waals surface area contributed by atoms with Gasteiger partial charge in [0.15, 0.2) is 0 Å². The van der Waals surface area contributed by atoms with Gasteiger partial charge in [-0.05, 0) is 44.4 Å². The van der Waals surface area contributed by atoms with E-state index in [-0.39, 0.29) is 18.7 Å². The maximum Gasteiger partial charge on any atom is 0.317 e. The first-order chi connectivity index (χ1) is 10.5. The summed E-state index contributed by atoms with van der Waals surface area (Å²) in [5, 5.41) is 8.96. The number of hydrogen-bond acceptors (Lipinski definition) is 4. The Hall–Kier alpha value is -1.59. The van der Waals surface area contributed by atoms with Gasteiger partial charge in [0.2, 0.25) is 0 Å². The smallest absolute Gasteiger partial charge is 0.317 e. The van der Waals surface area contributed by atoms with Crippen molar-refractivity contribution in [1.82, 2.24) is 4.90 Å². The molecule has 0 aliphatic carbocycles. The van der Waals surface area contributed by atoms with Crippen LogP contribution >= 0.6 is 0 Å². The predicted octanol–water partition coefficient (Wildman–Crippen LogP) is 2.54. The summed E-state index contributed by atoms with van der Waals surface area (Å²) in [6, 6.07) is 8.03. The molecule has 1 aliphatic heterocycles. The quantitative estimate of drug-likeness (QED) is 0.800. The molecule has 1 aromatic carbocycles. The maximum atomic E-state index is 10.9. The van der Waals surface area contributed by atoms with Crippen molar-refractivity contribution in [2.45, 2.75) is 45.4 Å². The molecule has 5 heteroatoms. The first-order valence-electron chi connectivity index (χ1n) is 7.84. The summed E-state index contributed by atoms with van der Waals surface area (Å²) in [7, 11) is 0. The van der Waals surface area contributed by atoms with Crippen LogP contribution in [0.4, 0.5) is 0 Å². The van der Waals surface area contributed by atoms with Gasteiger partial charge in [0.25, 0.3) is 0 Å². The Balaban J connectivity index is 1.85. The number of nitrogens with zero attached hydrogens (tertiary/aromatic N) is 1. The van der Waals surface area contributed by atoms with Gasteiger partial charge in [0.05, 0.1) is 12.6 Å². The lowest BCUT2D eigenvalue weighted by atomic mass is 10.2. The fraction of sp³-hybridized carbons (Fsp3) is 0.588. The Morgan fingerprint density at radius 2 is 2.14 bits per heavy atom. The maximum absolute atomic E-state index is 10.9. The highest BCUT2D eigenvalue weighted by atomic mass is 16.5. The van der Waals surface area contributed by atoms with Gasteiger partial charge in [0.1, 0.15) is 12.4 Å². The van der Waals surface area contributed by atoms with Gasteiger partial charge in [-0.1, -0.05) is 12.1 Å². The molecule has 0 saturated carbocycles. The molecule has 0 amide bonds. The van der Waals surface area contributed by atoms with Crippen LogP contribution in [0.15, 0.2) is 24.3 Å². The van der Waals surface area contributed by atoms with Crippen LogP contribution in [-0.4, -0.2) is 47.9 Å². The molecule has 0 aromatic heterocycles. The highest BCUT2D eigenvalue weighted by molar-refractivity contribution is 5.69. The van der Waals surface area contributed by atoms with Crippen LogP contribution < -0.4 is 4.74 Å². The number of hydrogen-bond donors (Lipinski definition) is 1. The molecule has 22 heavy (non-hydrogen) atoms. The lowest BCUT2D eigenvalue weighted by Gasteiger charge is -2.24. The third kappa shape index (κ3) is 5.31. The second-order valence-corrected chi connectivity index (χ2v) is 5.98. The van der Waals surface area contributed by atoms with Gasteiger partial charge < -0.3 is 14.6 Å². The lowest BCUT2D eigenvalue weighted by molar-refractivity contribution is -0.138. The van der Waals surface area contributed by atoms with Crippen molar-refractivity contribution >= 4 is 5.97 Å². The number of carboxylic acid groups (broad SMARTS) is 1. The van der Waals surface area contributed by atoms with Crippen LogP contribution in [0.25, 0.3) is 0 Å². The van der Waals surface area contributed by atoms with E-state index in [1.54, 1.807) is 0 Å². The Kier molecular flexibility index (Phi) is 6.21. The zero-order valence-corrected chi connectivity index (χ0v) is 13.3. The standard InChI is InChI=1S/C17H25NO4/c1-13(2)18(11-17(19)20)10-14-5-7-15(8-6-14)22-12-16-4-3-9-21-16/h5-8,13,16H,3-4,9-12H2,1-2H3,(H,19,20). The number of benzene rings is 1. The molecule has 1 fully saturated rings. The van der Waals surface area contributed by atoms with Gasteiger partial charge in [-0.3, -0.25) is 9.69 Å². The number of ether oxygens (including phenoxy) is 2. The number of carboxylic acids is 1. The van der Waals surface area contributed by atoms with E-state index < -0.39 is 5.97 Å². The molecule has 1 aromatic rings. The number of carbonyl (C=O) groups is 1. The Bertz CT molecular complexity index is 466. The van der Waals surface area contributed by atoms with Gasteiger partial charge in [0, 0.05) is 19.2 Å². The van der Waals surface area contributed by atoms with Gasteiger partial charge >= 0.3 is 5.97 Å². The molecule has 0 bridgehead atoms. The Morgan fingerprint density at radius 3 is 2.68 bits per heavy atom. The van der Waals surface area contributed by atoms with E-state index in [1.807, 2.05) is 43.0 Å². The van der Waals surface area contributed by atoms with Crippen molar-refractivity contribution < 1.29 is 19.4 Å². The van der Waals surface area contributed by atoms with Crippen molar-refractivity contribution in [3.8, 4) is 5.75 Å².